The number of amides is 1. The van der Waals surface area contributed by atoms with E-state index in [9.17, 15) is 44.7 Å². The number of carbonyl (C=O) groups excluding carboxylic acids is 4. The van der Waals surface area contributed by atoms with Gasteiger partial charge in [0.2, 0.25) is 5.91 Å². The quantitative estimate of drug-likeness (QED) is 0.149. The number of rotatable bonds is 6. The Morgan fingerprint density at radius 1 is 1.04 bits per heavy atom. The maximum Gasteiger partial charge on any atom is 0.338 e. The topological polar surface area (TPSA) is 209 Å². The molecule has 4 rings (SSSR count). The molecule has 6 N–H and O–H groups in total. The van der Waals surface area contributed by atoms with Gasteiger partial charge in [0, 0.05) is 126 Å². The van der Waals surface area contributed by atoms with Gasteiger partial charge < -0.3 is 45.1 Å². The van der Waals surface area contributed by atoms with Gasteiger partial charge in [0.1, 0.15) is 29.5 Å². The normalized spacial score (nSPS) is 38.8. The number of Topliss-reactive ketones (excluding diaryl/α,β-unsaturated/α-hetero) is 1. The van der Waals surface area contributed by atoms with Crippen LogP contribution in [0.1, 0.15) is 68.2 Å². The second-order valence-corrected chi connectivity index (χ2v) is 13.8. The van der Waals surface area contributed by atoms with Gasteiger partial charge in [-0.15, -0.1) is 0 Å². The monoisotopic (exact) mass is 1080 g/mol. The van der Waals surface area contributed by atoms with Crippen LogP contribution in [0.15, 0.2) is 22.8 Å². The van der Waals surface area contributed by atoms with Gasteiger partial charge in [0.05, 0.1) is 30.3 Å². The van der Waals surface area contributed by atoms with Crippen molar-refractivity contribution in [2.24, 2.45) is 16.7 Å². The molecular formula is C31H45Ac2NO12. The van der Waals surface area contributed by atoms with Crippen molar-refractivity contribution >= 4 is 23.6 Å². The number of hydrogen-bond donors (Lipinski definition) is 6. The Hall–Kier alpha value is 0.203. The number of ether oxygens (including phenoxy) is 3. The zero-order valence-corrected chi connectivity index (χ0v) is 37.1. The molecule has 0 aromatic heterocycles. The van der Waals surface area contributed by atoms with Gasteiger partial charge in [-0.1, -0.05) is 25.5 Å². The second kappa shape index (κ2) is 14.8. The molecule has 1 unspecified atom stereocenters. The molecule has 3 aliphatic carbocycles. The molecule has 1 aliphatic heterocycles. The molecule has 2 saturated carbocycles. The summed E-state index contributed by atoms with van der Waals surface area (Å²) in [5.74, 6) is -4.80. The second-order valence-electron chi connectivity index (χ2n) is 13.8. The van der Waals surface area contributed by atoms with Crippen LogP contribution in [0.5, 0.6) is 0 Å². The van der Waals surface area contributed by atoms with Crippen molar-refractivity contribution in [1.29, 1.82) is 0 Å². The molecule has 0 spiro atoms. The third-order valence-corrected chi connectivity index (χ3v) is 10.4. The van der Waals surface area contributed by atoms with Crippen LogP contribution in [0.2, 0.25) is 0 Å². The van der Waals surface area contributed by atoms with Crippen molar-refractivity contribution < 1.29 is 147 Å². The zero-order valence-electron chi connectivity index (χ0n) is 27.6. The number of allylic oxidation sites excluding steroid dienone is 1. The molecule has 13 nitrogen and oxygen atoms in total. The summed E-state index contributed by atoms with van der Waals surface area (Å²) in [5.41, 5.74) is -6.49. The van der Waals surface area contributed by atoms with Crippen LogP contribution in [0.3, 0.4) is 0 Å². The summed E-state index contributed by atoms with van der Waals surface area (Å²) in [4.78, 5) is 51.9. The molecular weight excluding hydrogens is 1030 g/mol. The fourth-order valence-electron chi connectivity index (χ4n) is 7.96. The summed E-state index contributed by atoms with van der Waals surface area (Å²) in [6.45, 7) is 11.5. The van der Waals surface area contributed by atoms with E-state index in [1.807, 2.05) is 0 Å². The van der Waals surface area contributed by atoms with Gasteiger partial charge in [0.25, 0.3) is 0 Å². The summed E-state index contributed by atoms with van der Waals surface area (Å²) in [5, 5.41) is 61.0. The summed E-state index contributed by atoms with van der Waals surface area (Å²) in [6.07, 6.45) is -8.20. The van der Waals surface area contributed by atoms with E-state index in [0.717, 1.165) is 6.92 Å². The molecule has 46 heavy (non-hydrogen) atoms. The molecule has 2 bridgehead atoms. The Morgan fingerprint density at radius 3 is 2.11 bits per heavy atom. The van der Waals surface area contributed by atoms with Crippen molar-refractivity contribution in [2.45, 2.75) is 122 Å². The number of carbonyl (C=O) groups is 4. The van der Waals surface area contributed by atoms with E-state index in [4.69, 9.17) is 14.2 Å². The maximum atomic E-state index is 14.3. The van der Waals surface area contributed by atoms with Gasteiger partial charge in [-0.25, -0.2) is 4.79 Å². The number of aliphatic hydroxyl groups excluding tert-OH is 3. The number of aliphatic hydroxyl groups is 5. The standard InChI is InChI=1S/C31H45NO12.2Ac/c1-13(2)9-17(32-15(4)33)22(36)27(39)44-18-11-31(41)26(43-16(5)34)24-29(8,19(35)10-20-30(24,40)12-42-20)25(38)23(37)21(14(18)3)28(31,6)7;;/h9,17-20,22-24,26,35-37,40-41H,10-12H2,1-8H3,(H,32,33);;/t17-,18?,19-,20+,22+,23+,24-,26-,29+,30-,31+;;/m0../s1. The Labute approximate surface area is 340 Å². The van der Waals surface area contributed by atoms with E-state index in [1.54, 1.807) is 27.7 Å². The molecule has 252 valence electrons. The van der Waals surface area contributed by atoms with Crippen molar-refractivity contribution in [3.05, 3.63) is 22.8 Å². The molecule has 0 aromatic rings. The molecule has 2 radical (unpaired) electrons. The Kier molecular flexibility index (Phi) is 13.6. The van der Waals surface area contributed by atoms with Gasteiger partial charge in [-0.2, -0.15) is 0 Å². The van der Waals surface area contributed by atoms with E-state index >= 15 is 0 Å². The Balaban J connectivity index is 0.00000368. The first-order valence-electron chi connectivity index (χ1n) is 14.8. The number of fused-ring (bicyclic) bond motifs is 5. The number of esters is 2. The van der Waals surface area contributed by atoms with Crippen molar-refractivity contribution in [3.63, 3.8) is 0 Å². The minimum atomic E-state index is -2.19. The molecule has 4 aliphatic rings. The van der Waals surface area contributed by atoms with Crippen LogP contribution < -0.4 is 5.32 Å². The van der Waals surface area contributed by atoms with Crippen LogP contribution in [-0.2, 0) is 33.4 Å². The predicted octanol–water partition coefficient (Wildman–Crippen LogP) is -0.400. The van der Waals surface area contributed by atoms with Crippen molar-refractivity contribution in [1.82, 2.24) is 5.32 Å². The number of hydrogen-bond acceptors (Lipinski definition) is 12. The average molecular weight is 1080 g/mol. The molecule has 11 atom stereocenters. The third-order valence-electron chi connectivity index (χ3n) is 10.4. The van der Waals surface area contributed by atoms with Crippen molar-refractivity contribution in [3.8, 4) is 0 Å². The molecule has 1 saturated heterocycles. The first-order valence-corrected chi connectivity index (χ1v) is 14.8. The summed E-state index contributed by atoms with van der Waals surface area (Å²) >= 11 is 0. The SMILES string of the molecule is CC(=O)N[C@@H](C=C(C)C)[C@@H](O)C(=O)OC1C[C@@]2(O)[C@@H](OC(C)=O)[C@@H]3[C@]4(O)CO[C@@H]4C[C@H](O)[C@@]3(C)C(=O)[C@H](O)C(=C1C)C2(C)C.[Ac].[Ac]. The van der Waals surface area contributed by atoms with Crippen LogP contribution >= 0.6 is 0 Å². The molecule has 1 heterocycles. The summed E-state index contributed by atoms with van der Waals surface area (Å²) < 4.78 is 17.0. The minimum absolute atomic E-state index is 0. The van der Waals surface area contributed by atoms with Gasteiger partial charge in [-0.3, -0.25) is 14.4 Å². The first-order chi connectivity index (χ1) is 20.1. The van der Waals surface area contributed by atoms with E-state index in [-0.39, 0.29) is 112 Å². The van der Waals surface area contributed by atoms with E-state index in [2.05, 4.69) is 5.32 Å². The fraction of sp³-hybridized carbons (Fsp3) is 0.742. The van der Waals surface area contributed by atoms with E-state index in [0.29, 0.717) is 5.57 Å². The molecule has 15 heteroatoms. The number of nitrogens with one attached hydrogen (secondary N) is 1. The van der Waals surface area contributed by atoms with Gasteiger partial charge >= 0.3 is 11.9 Å². The fourth-order valence-corrected chi connectivity index (χ4v) is 7.96. The predicted molar refractivity (Wildman–Crippen MR) is 152 cm³/mol. The Bertz CT molecular complexity index is 1310. The molecule has 0 aromatic carbocycles. The molecule has 3 fully saturated rings. The van der Waals surface area contributed by atoms with E-state index in [1.165, 1.54) is 26.8 Å². The van der Waals surface area contributed by atoms with Crippen LogP contribution in [0.4, 0.5) is 0 Å². The Morgan fingerprint density at radius 2 is 1.63 bits per heavy atom. The number of ketones is 1. The third kappa shape index (κ3) is 6.79. The first kappa shape index (κ1) is 42.4. The summed E-state index contributed by atoms with van der Waals surface area (Å²) in [7, 11) is 0. The van der Waals surface area contributed by atoms with Gasteiger partial charge in [-0.05, 0) is 38.8 Å². The van der Waals surface area contributed by atoms with Crippen LogP contribution in [0, 0.1) is 105 Å². The average Bonchev–Trinajstić information content (AvgIpc) is 2.89. The minimum Gasteiger partial charge on any atom is -0.459 e. The van der Waals surface area contributed by atoms with Crippen LogP contribution in [0.25, 0.3) is 0 Å². The zero-order chi connectivity index (χ0) is 33.3. The summed E-state index contributed by atoms with van der Waals surface area (Å²) in [6, 6.07) is -1.14. The van der Waals surface area contributed by atoms with E-state index < -0.39 is 101 Å². The van der Waals surface area contributed by atoms with Gasteiger partial charge in [0.15, 0.2) is 11.9 Å². The van der Waals surface area contributed by atoms with Crippen LogP contribution in [-0.4, -0.2) is 110 Å². The smallest absolute Gasteiger partial charge is 0.338 e. The van der Waals surface area contributed by atoms with Crippen molar-refractivity contribution in [2.75, 3.05) is 6.61 Å². The maximum absolute atomic E-state index is 14.3. The largest absolute Gasteiger partial charge is 0.459 e. The molecule has 1 amide bonds.